The van der Waals surface area contributed by atoms with Crippen molar-refractivity contribution < 1.29 is 4.74 Å². The first-order valence-electron chi connectivity index (χ1n) is 4.67. The molecule has 0 atom stereocenters. The van der Waals surface area contributed by atoms with Crippen molar-refractivity contribution in [1.29, 1.82) is 0 Å². The fourth-order valence-electron chi connectivity index (χ4n) is 1.22. The molecule has 7 heteroatoms. The van der Waals surface area contributed by atoms with E-state index in [0.29, 0.717) is 9.45 Å². The number of rotatable bonds is 3. The molecule has 0 spiro atoms. The monoisotopic (exact) mass is 283 g/mol. The number of hydrogen-bond donors (Lipinski definition) is 2. The number of aromatic nitrogens is 2. The third-order valence-corrected chi connectivity index (χ3v) is 3.08. The molecule has 0 bridgehead atoms. The zero-order valence-corrected chi connectivity index (χ0v) is 11.4. The van der Waals surface area contributed by atoms with Gasteiger partial charge in [0.25, 0.3) is 0 Å². The van der Waals surface area contributed by atoms with Crippen LogP contribution in [0.25, 0.3) is 10.6 Å². The Kier molecular flexibility index (Phi) is 3.93. The lowest BCUT2D eigenvalue weighted by molar-refractivity contribution is 0.415. The number of ether oxygens (including phenoxy) is 1. The number of nitrogens with one attached hydrogen (secondary N) is 1. The van der Waals surface area contributed by atoms with Gasteiger partial charge in [-0.3, -0.25) is 0 Å². The number of benzene rings is 1. The molecule has 0 aliphatic rings. The lowest BCUT2D eigenvalue weighted by Gasteiger charge is -1.99. The second kappa shape index (κ2) is 5.44. The first-order valence-corrected chi connectivity index (χ1v) is 6.34. The van der Waals surface area contributed by atoms with Gasteiger partial charge in [0, 0.05) is 5.56 Å². The number of hydrogen-bond acceptors (Lipinski definition) is 5. The Morgan fingerprint density at radius 1 is 1.35 bits per heavy atom. The van der Waals surface area contributed by atoms with E-state index in [1.165, 1.54) is 11.3 Å². The van der Waals surface area contributed by atoms with Crippen molar-refractivity contribution in [2.75, 3.05) is 12.4 Å². The summed E-state index contributed by atoms with van der Waals surface area (Å²) in [6.45, 7) is 0. The first kappa shape index (κ1) is 12.3. The predicted octanol–water partition coefficient (Wildman–Crippen LogP) is 2.84. The quantitative estimate of drug-likeness (QED) is 0.670. The maximum absolute atomic E-state index is 5.09. The molecule has 2 aromatic rings. The third kappa shape index (κ3) is 3.15. The summed E-state index contributed by atoms with van der Waals surface area (Å²) < 4.78 is 5.47. The van der Waals surface area contributed by atoms with Gasteiger partial charge in [-0.15, -0.1) is 22.8 Å². The number of thiocarbonyl (C=S) groups is 1. The van der Waals surface area contributed by atoms with Gasteiger partial charge in [-0.2, -0.15) is 0 Å². The van der Waals surface area contributed by atoms with Gasteiger partial charge in [0.1, 0.15) is 15.1 Å². The summed E-state index contributed by atoms with van der Waals surface area (Å²) in [5.74, 6) is 0.813. The van der Waals surface area contributed by atoms with Gasteiger partial charge < -0.3 is 10.1 Å². The molecule has 88 valence electrons. The van der Waals surface area contributed by atoms with E-state index in [4.69, 9.17) is 17.0 Å². The van der Waals surface area contributed by atoms with Crippen LogP contribution in [0.4, 0.5) is 5.13 Å². The number of thiol groups is 1. The van der Waals surface area contributed by atoms with Crippen LogP contribution in [0, 0.1) is 0 Å². The van der Waals surface area contributed by atoms with Crippen molar-refractivity contribution in [2.45, 2.75) is 0 Å². The van der Waals surface area contributed by atoms with Crippen LogP contribution in [-0.2, 0) is 0 Å². The summed E-state index contributed by atoms with van der Waals surface area (Å²) >= 11 is 10.2. The van der Waals surface area contributed by atoms with Gasteiger partial charge in [0.05, 0.1) is 7.11 Å². The highest BCUT2D eigenvalue weighted by atomic mass is 32.1. The van der Waals surface area contributed by atoms with E-state index >= 15 is 0 Å². The molecule has 2 rings (SSSR count). The van der Waals surface area contributed by atoms with Crippen LogP contribution in [0.1, 0.15) is 0 Å². The molecular weight excluding hydrogens is 274 g/mol. The van der Waals surface area contributed by atoms with E-state index in [2.05, 4.69) is 28.1 Å². The van der Waals surface area contributed by atoms with Crippen LogP contribution in [-0.4, -0.2) is 21.6 Å². The highest BCUT2D eigenvalue weighted by Crippen LogP contribution is 2.27. The first-order chi connectivity index (χ1) is 8.19. The van der Waals surface area contributed by atoms with Crippen molar-refractivity contribution in [1.82, 2.24) is 10.2 Å². The van der Waals surface area contributed by atoms with Gasteiger partial charge in [-0.25, -0.2) is 0 Å². The average Bonchev–Trinajstić information content (AvgIpc) is 2.77. The fourth-order valence-corrected chi connectivity index (χ4v) is 2.31. The Bertz CT molecular complexity index is 524. The van der Waals surface area contributed by atoms with E-state index in [1.54, 1.807) is 7.11 Å². The van der Waals surface area contributed by atoms with Crippen molar-refractivity contribution in [3.63, 3.8) is 0 Å². The standard InChI is InChI=1S/C10H9N3OS3/c1-14-7-4-2-6(3-5-7)8-12-13-9(17-8)11-10(15)16/h2-5H,1H3,(H2,11,13,15,16). The Morgan fingerprint density at radius 2 is 2.06 bits per heavy atom. The molecule has 17 heavy (non-hydrogen) atoms. The van der Waals surface area contributed by atoms with Crippen LogP contribution in [0.15, 0.2) is 24.3 Å². The second-order valence-electron chi connectivity index (χ2n) is 3.07. The van der Waals surface area contributed by atoms with Crippen LogP contribution in [0.5, 0.6) is 5.75 Å². The topological polar surface area (TPSA) is 47.0 Å². The lowest BCUT2D eigenvalue weighted by atomic mass is 10.2. The fraction of sp³-hybridized carbons (Fsp3) is 0.100. The highest BCUT2D eigenvalue weighted by Gasteiger charge is 2.06. The SMILES string of the molecule is COc1ccc(-c2nnc(NC(=S)S)s2)cc1. The molecule has 0 saturated heterocycles. The lowest BCUT2D eigenvalue weighted by Crippen LogP contribution is -1.99. The largest absolute Gasteiger partial charge is 0.497 e. The Balaban J connectivity index is 2.21. The van der Waals surface area contributed by atoms with Gasteiger partial charge in [0.15, 0.2) is 0 Å². The third-order valence-electron chi connectivity index (χ3n) is 1.98. The molecule has 1 aromatic heterocycles. The molecule has 0 fully saturated rings. The van der Waals surface area contributed by atoms with E-state index in [9.17, 15) is 0 Å². The summed E-state index contributed by atoms with van der Waals surface area (Å²) in [4.78, 5) is 0. The van der Waals surface area contributed by atoms with E-state index < -0.39 is 0 Å². The summed E-state index contributed by atoms with van der Waals surface area (Å²) in [6, 6.07) is 7.63. The van der Waals surface area contributed by atoms with Crippen molar-refractivity contribution in [3.05, 3.63) is 24.3 Å². The zero-order chi connectivity index (χ0) is 12.3. The molecular formula is C10H9N3OS3. The van der Waals surface area contributed by atoms with Crippen LogP contribution >= 0.6 is 36.2 Å². The van der Waals surface area contributed by atoms with Crippen LogP contribution in [0.2, 0.25) is 0 Å². The van der Waals surface area contributed by atoms with Gasteiger partial charge in [0.2, 0.25) is 5.13 Å². The minimum absolute atomic E-state index is 0.377. The summed E-state index contributed by atoms with van der Waals surface area (Å²) in [5.41, 5.74) is 0.987. The Morgan fingerprint density at radius 3 is 2.65 bits per heavy atom. The predicted molar refractivity (Wildman–Crippen MR) is 77.1 cm³/mol. The van der Waals surface area contributed by atoms with Gasteiger partial charge >= 0.3 is 0 Å². The zero-order valence-electron chi connectivity index (χ0n) is 8.88. The summed E-state index contributed by atoms with van der Waals surface area (Å²) in [5, 5.41) is 12.3. The van der Waals surface area contributed by atoms with Gasteiger partial charge in [-0.05, 0) is 24.3 Å². The summed E-state index contributed by atoms with van der Waals surface area (Å²) in [6.07, 6.45) is 0. The molecule has 4 nitrogen and oxygen atoms in total. The second-order valence-corrected chi connectivity index (χ2v) is 5.21. The smallest absolute Gasteiger partial charge is 0.211 e. The summed E-state index contributed by atoms with van der Waals surface area (Å²) in [7, 11) is 1.63. The van der Waals surface area contributed by atoms with E-state index in [1.807, 2.05) is 24.3 Å². The molecule has 0 unspecified atom stereocenters. The molecule has 0 radical (unpaired) electrons. The number of methoxy groups -OCH3 is 1. The van der Waals surface area contributed by atoms with Crippen LogP contribution in [0.3, 0.4) is 0 Å². The van der Waals surface area contributed by atoms with E-state index in [0.717, 1.165) is 16.3 Å². The van der Waals surface area contributed by atoms with Crippen molar-refractivity contribution in [3.8, 4) is 16.3 Å². The minimum Gasteiger partial charge on any atom is -0.497 e. The maximum atomic E-state index is 5.09. The molecule has 1 N–H and O–H groups in total. The molecule has 0 aliphatic heterocycles. The highest BCUT2D eigenvalue weighted by molar-refractivity contribution is 8.11. The van der Waals surface area contributed by atoms with Crippen molar-refractivity contribution in [2.24, 2.45) is 0 Å². The maximum Gasteiger partial charge on any atom is 0.211 e. The van der Waals surface area contributed by atoms with Crippen LogP contribution < -0.4 is 10.1 Å². The van der Waals surface area contributed by atoms with Crippen molar-refractivity contribution >= 4 is 45.6 Å². The number of anilines is 1. The Hall–Kier alpha value is -1.18. The molecule has 0 saturated carbocycles. The van der Waals surface area contributed by atoms with Gasteiger partial charge in [-0.1, -0.05) is 23.6 Å². The molecule has 1 heterocycles. The normalized spacial score (nSPS) is 10.0. The number of nitrogens with zero attached hydrogens (tertiary/aromatic N) is 2. The van der Waals surface area contributed by atoms with E-state index in [-0.39, 0.29) is 0 Å². The average molecular weight is 283 g/mol. The molecule has 0 aliphatic carbocycles. The molecule has 1 aromatic carbocycles. The molecule has 0 amide bonds. The Labute approximate surface area is 113 Å². The minimum atomic E-state index is 0.377.